The molecule has 1 atom stereocenters. The standard InChI is InChI=1S/C16H19FN2O/c1-9-7-10(2)18-11(3)16(9)12(4)19-13-5-6-15(20)14(17)8-13/h5-8,12,19-20H,1-4H3. The average Bonchev–Trinajstić information content (AvgIpc) is 2.32. The largest absolute Gasteiger partial charge is 0.505 e. The normalized spacial score (nSPS) is 12.2. The molecule has 0 spiro atoms. The summed E-state index contributed by atoms with van der Waals surface area (Å²) in [5, 5.41) is 12.4. The number of aryl methyl sites for hydroxylation is 3. The van der Waals surface area contributed by atoms with E-state index in [1.54, 1.807) is 6.07 Å². The highest BCUT2D eigenvalue weighted by Gasteiger charge is 2.13. The van der Waals surface area contributed by atoms with E-state index in [1.165, 1.54) is 12.1 Å². The maximum absolute atomic E-state index is 13.3. The van der Waals surface area contributed by atoms with Gasteiger partial charge in [-0.1, -0.05) is 0 Å². The first-order valence-corrected chi connectivity index (χ1v) is 6.58. The highest BCUT2D eigenvalue weighted by molar-refractivity contribution is 5.49. The molecule has 0 saturated carbocycles. The van der Waals surface area contributed by atoms with Crippen LogP contribution in [0.4, 0.5) is 10.1 Å². The zero-order valence-electron chi connectivity index (χ0n) is 12.2. The first-order valence-electron chi connectivity index (χ1n) is 6.58. The summed E-state index contributed by atoms with van der Waals surface area (Å²) in [6.45, 7) is 8.01. The van der Waals surface area contributed by atoms with Crippen molar-refractivity contribution in [3.8, 4) is 5.75 Å². The third kappa shape index (κ3) is 2.90. The molecule has 1 aromatic heterocycles. The van der Waals surface area contributed by atoms with Crippen LogP contribution in [0.25, 0.3) is 0 Å². The van der Waals surface area contributed by atoms with Gasteiger partial charge in [0.05, 0.1) is 6.04 Å². The van der Waals surface area contributed by atoms with E-state index in [-0.39, 0.29) is 11.8 Å². The predicted octanol–water partition coefficient (Wildman–Crippen LogP) is 4.02. The van der Waals surface area contributed by atoms with Crippen molar-refractivity contribution in [2.24, 2.45) is 0 Å². The van der Waals surface area contributed by atoms with Crippen molar-refractivity contribution in [3.63, 3.8) is 0 Å². The summed E-state index contributed by atoms with van der Waals surface area (Å²) in [7, 11) is 0. The van der Waals surface area contributed by atoms with Gasteiger partial charge in [0, 0.05) is 23.1 Å². The van der Waals surface area contributed by atoms with Crippen LogP contribution < -0.4 is 5.32 Å². The van der Waals surface area contributed by atoms with Crippen molar-refractivity contribution >= 4 is 5.69 Å². The summed E-state index contributed by atoms with van der Waals surface area (Å²) >= 11 is 0. The third-order valence-electron chi connectivity index (χ3n) is 3.35. The van der Waals surface area contributed by atoms with E-state index in [4.69, 9.17) is 0 Å². The Balaban J connectivity index is 2.28. The maximum atomic E-state index is 13.3. The van der Waals surface area contributed by atoms with Gasteiger partial charge in [0.1, 0.15) is 0 Å². The van der Waals surface area contributed by atoms with Gasteiger partial charge in [-0.15, -0.1) is 0 Å². The zero-order valence-corrected chi connectivity index (χ0v) is 12.2. The Kier molecular flexibility index (Phi) is 3.93. The van der Waals surface area contributed by atoms with Gasteiger partial charge in [-0.25, -0.2) is 4.39 Å². The van der Waals surface area contributed by atoms with Gasteiger partial charge in [-0.2, -0.15) is 0 Å². The van der Waals surface area contributed by atoms with E-state index in [2.05, 4.69) is 10.3 Å². The summed E-state index contributed by atoms with van der Waals surface area (Å²) in [5.74, 6) is -0.967. The summed E-state index contributed by atoms with van der Waals surface area (Å²) in [6, 6.07) is 6.33. The molecular formula is C16H19FN2O. The summed E-state index contributed by atoms with van der Waals surface area (Å²) in [5.41, 5.74) is 4.87. The topological polar surface area (TPSA) is 45.1 Å². The number of hydrogen-bond acceptors (Lipinski definition) is 3. The van der Waals surface area contributed by atoms with E-state index >= 15 is 0 Å². The fraction of sp³-hybridized carbons (Fsp3) is 0.312. The van der Waals surface area contributed by atoms with Gasteiger partial charge in [0.25, 0.3) is 0 Å². The van der Waals surface area contributed by atoms with Crippen molar-refractivity contribution < 1.29 is 9.50 Å². The quantitative estimate of drug-likeness (QED) is 0.831. The Bertz CT molecular complexity index is 617. The van der Waals surface area contributed by atoms with Crippen molar-refractivity contribution in [2.45, 2.75) is 33.7 Å². The average molecular weight is 274 g/mol. The Hall–Kier alpha value is -2.10. The molecule has 0 saturated heterocycles. The first kappa shape index (κ1) is 14.3. The van der Waals surface area contributed by atoms with E-state index in [0.717, 1.165) is 22.5 Å². The fourth-order valence-corrected chi connectivity index (χ4v) is 2.61. The minimum absolute atomic E-state index is 0.00652. The van der Waals surface area contributed by atoms with Crippen molar-refractivity contribution in [2.75, 3.05) is 5.32 Å². The van der Waals surface area contributed by atoms with Crippen molar-refractivity contribution in [3.05, 3.63) is 52.6 Å². The van der Waals surface area contributed by atoms with Crippen LogP contribution in [0.2, 0.25) is 0 Å². The Morgan fingerprint density at radius 3 is 2.50 bits per heavy atom. The molecule has 0 amide bonds. The monoisotopic (exact) mass is 274 g/mol. The second kappa shape index (κ2) is 5.49. The molecule has 0 bridgehead atoms. The number of pyridine rings is 1. The number of phenols is 1. The van der Waals surface area contributed by atoms with Crippen LogP contribution in [-0.4, -0.2) is 10.1 Å². The number of phenolic OH excluding ortho intramolecular Hbond substituents is 1. The van der Waals surface area contributed by atoms with Gasteiger partial charge >= 0.3 is 0 Å². The molecule has 0 aliphatic rings. The molecule has 0 aliphatic heterocycles. The molecule has 1 aromatic carbocycles. The molecule has 1 heterocycles. The van der Waals surface area contributed by atoms with E-state index in [1.807, 2.05) is 33.8 Å². The molecule has 4 heteroatoms. The lowest BCUT2D eigenvalue weighted by Crippen LogP contribution is -2.11. The molecule has 0 radical (unpaired) electrons. The second-order valence-corrected chi connectivity index (χ2v) is 5.11. The molecule has 2 N–H and O–H groups in total. The lowest BCUT2D eigenvalue weighted by Gasteiger charge is -2.20. The number of anilines is 1. The van der Waals surface area contributed by atoms with Crippen LogP contribution in [0.15, 0.2) is 24.3 Å². The molecule has 2 rings (SSSR count). The Morgan fingerprint density at radius 1 is 1.20 bits per heavy atom. The molecule has 20 heavy (non-hydrogen) atoms. The molecule has 2 aromatic rings. The van der Waals surface area contributed by atoms with Gasteiger partial charge in [0.2, 0.25) is 0 Å². The highest BCUT2D eigenvalue weighted by atomic mass is 19.1. The molecule has 3 nitrogen and oxygen atoms in total. The van der Waals surface area contributed by atoms with Gasteiger partial charge in [0.15, 0.2) is 11.6 Å². The number of nitrogens with zero attached hydrogens (tertiary/aromatic N) is 1. The van der Waals surface area contributed by atoms with Crippen LogP contribution in [-0.2, 0) is 0 Å². The number of aromatic hydroxyl groups is 1. The number of rotatable bonds is 3. The van der Waals surface area contributed by atoms with Crippen molar-refractivity contribution in [1.29, 1.82) is 0 Å². The summed E-state index contributed by atoms with van der Waals surface area (Å²) < 4.78 is 13.3. The van der Waals surface area contributed by atoms with E-state index in [0.29, 0.717) is 5.69 Å². The minimum atomic E-state index is -0.627. The molecular weight excluding hydrogens is 255 g/mol. The van der Waals surface area contributed by atoms with E-state index in [9.17, 15) is 9.50 Å². The zero-order chi connectivity index (χ0) is 14.9. The van der Waals surface area contributed by atoms with E-state index < -0.39 is 5.82 Å². The number of nitrogens with one attached hydrogen (secondary N) is 1. The Labute approximate surface area is 118 Å². The number of aromatic nitrogens is 1. The second-order valence-electron chi connectivity index (χ2n) is 5.11. The summed E-state index contributed by atoms with van der Waals surface area (Å²) in [6.07, 6.45) is 0. The van der Waals surface area contributed by atoms with Crippen LogP contribution in [0.3, 0.4) is 0 Å². The first-order chi connectivity index (χ1) is 9.38. The highest BCUT2D eigenvalue weighted by Crippen LogP contribution is 2.27. The fourth-order valence-electron chi connectivity index (χ4n) is 2.61. The minimum Gasteiger partial charge on any atom is -0.505 e. The van der Waals surface area contributed by atoms with Gasteiger partial charge < -0.3 is 10.4 Å². The van der Waals surface area contributed by atoms with Gasteiger partial charge in [-0.3, -0.25) is 4.98 Å². The maximum Gasteiger partial charge on any atom is 0.166 e. The number of halogens is 1. The lowest BCUT2D eigenvalue weighted by atomic mass is 10.00. The third-order valence-corrected chi connectivity index (χ3v) is 3.35. The van der Waals surface area contributed by atoms with Crippen LogP contribution in [0.1, 0.15) is 35.5 Å². The molecule has 0 fully saturated rings. The number of benzene rings is 1. The molecule has 1 unspecified atom stereocenters. The predicted molar refractivity (Wildman–Crippen MR) is 78.6 cm³/mol. The molecule has 0 aliphatic carbocycles. The van der Waals surface area contributed by atoms with Crippen LogP contribution in [0.5, 0.6) is 5.75 Å². The Morgan fingerprint density at radius 2 is 1.90 bits per heavy atom. The lowest BCUT2D eigenvalue weighted by molar-refractivity contribution is 0.432. The van der Waals surface area contributed by atoms with Gasteiger partial charge in [-0.05, 0) is 57.0 Å². The number of hydrogen-bond donors (Lipinski definition) is 2. The summed E-state index contributed by atoms with van der Waals surface area (Å²) in [4.78, 5) is 4.47. The smallest absolute Gasteiger partial charge is 0.166 e. The van der Waals surface area contributed by atoms with Crippen LogP contribution in [0, 0.1) is 26.6 Å². The van der Waals surface area contributed by atoms with Crippen LogP contribution >= 0.6 is 0 Å². The molecule has 106 valence electrons. The SMILES string of the molecule is Cc1cc(C)c(C(C)Nc2ccc(O)c(F)c2)c(C)n1. The van der Waals surface area contributed by atoms with Crippen molar-refractivity contribution in [1.82, 2.24) is 4.98 Å².